The van der Waals surface area contributed by atoms with Crippen LogP contribution >= 0.6 is 0 Å². The molecule has 0 aliphatic carbocycles. The lowest BCUT2D eigenvalue weighted by molar-refractivity contribution is -0.135. The number of rotatable bonds is 3. The molecule has 1 N–H and O–H groups in total. The van der Waals surface area contributed by atoms with E-state index in [4.69, 9.17) is 4.74 Å². The highest BCUT2D eigenvalue weighted by Crippen LogP contribution is 2.32. The lowest BCUT2D eigenvalue weighted by atomic mass is 9.96. The van der Waals surface area contributed by atoms with Crippen LogP contribution in [-0.4, -0.2) is 43.1 Å². The first-order valence-electron chi connectivity index (χ1n) is 9.28. The highest BCUT2D eigenvalue weighted by molar-refractivity contribution is 5.88. The number of carbonyl (C=O) groups excluding carboxylic acids is 1. The van der Waals surface area contributed by atoms with Gasteiger partial charge in [0, 0.05) is 18.6 Å². The van der Waals surface area contributed by atoms with Gasteiger partial charge in [-0.1, -0.05) is 24.3 Å². The summed E-state index contributed by atoms with van der Waals surface area (Å²) in [6, 6.07) is 13.2. The molecule has 0 spiro atoms. The minimum absolute atomic E-state index is 0.104. The SMILES string of the molecule is COc1ccc2cc(C(C)C(=O)N3C4CCNCC3CC4)ccc2c1. The van der Waals surface area contributed by atoms with Gasteiger partial charge in [-0.25, -0.2) is 0 Å². The third-order valence-corrected chi connectivity index (χ3v) is 5.85. The van der Waals surface area contributed by atoms with E-state index in [1.165, 1.54) is 0 Å². The second-order valence-electron chi connectivity index (χ2n) is 7.32. The molecule has 2 aliphatic heterocycles. The third-order valence-electron chi connectivity index (χ3n) is 5.85. The Balaban J connectivity index is 1.60. The molecule has 1 amide bonds. The molecule has 0 radical (unpaired) electrons. The number of amides is 1. The zero-order valence-electron chi connectivity index (χ0n) is 15.0. The van der Waals surface area contributed by atoms with Crippen molar-refractivity contribution in [1.82, 2.24) is 10.2 Å². The Morgan fingerprint density at radius 2 is 1.88 bits per heavy atom. The summed E-state index contributed by atoms with van der Waals surface area (Å²) in [7, 11) is 1.68. The van der Waals surface area contributed by atoms with Crippen LogP contribution in [0.1, 0.15) is 37.7 Å². The first-order valence-corrected chi connectivity index (χ1v) is 9.28. The number of fused-ring (bicyclic) bond motifs is 3. The topological polar surface area (TPSA) is 41.6 Å². The highest BCUT2D eigenvalue weighted by atomic mass is 16.5. The fourth-order valence-electron chi connectivity index (χ4n) is 4.35. The van der Waals surface area contributed by atoms with Gasteiger partial charge in [0.2, 0.25) is 5.91 Å². The Morgan fingerprint density at radius 1 is 1.12 bits per heavy atom. The lowest BCUT2D eigenvalue weighted by Crippen LogP contribution is -2.44. The van der Waals surface area contributed by atoms with E-state index >= 15 is 0 Å². The van der Waals surface area contributed by atoms with Crippen molar-refractivity contribution in [3.63, 3.8) is 0 Å². The minimum atomic E-state index is -0.104. The van der Waals surface area contributed by atoms with Gasteiger partial charge in [-0.3, -0.25) is 4.79 Å². The van der Waals surface area contributed by atoms with Crippen LogP contribution in [-0.2, 0) is 4.79 Å². The zero-order chi connectivity index (χ0) is 17.4. The molecular formula is C21H26N2O2. The number of ether oxygens (including phenoxy) is 1. The van der Waals surface area contributed by atoms with Crippen molar-refractivity contribution in [2.75, 3.05) is 20.2 Å². The summed E-state index contributed by atoms with van der Waals surface area (Å²) in [5, 5.41) is 5.76. The maximum Gasteiger partial charge on any atom is 0.230 e. The molecule has 0 aromatic heterocycles. The van der Waals surface area contributed by atoms with Gasteiger partial charge >= 0.3 is 0 Å². The second-order valence-corrected chi connectivity index (χ2v) is 7.32. The van der Waals surface area contributed by atoms with Crippen LogP contribution in [0.4, 0.5) is 0 Å². The van der Waals surface area contributed by atoms with Gasteiger partial charge in [0.1, 0.15) is 5.75 Å². The maximum absolute atomic E-state index is 13.2. The predicted molar refractivity (Wildman–Crippen MR) is 100 cm³/mol. The average Bonchev–Trinajstić information content (AvgIpc) is 2.92. The van der Waals surface area contributed by atoms with Crippen LogP contribution in [0, 0.1) is 0 Å². The Hall–Kier alpha value is -2.07. The smallest absolute Gasteiger partial charge is 0.230 e. The largest absolute Gasteiger partial charge is 0.497 e. The van der Waals surface area contributed by atoms with E-state index in [-0.39, 0.29) is 11.8 Å². The Labute approximate surface area is 149 Å². The third kappa shape index (κ3) is 2.99. The molecule has 3 unspecified atom stereocenters. The van der Waals surface area contributed by atoms with Crippen molar-refractivity contribution >= 4 is 16.7 Å². The van der Waals surface area contributed by atoms with Crippen molar-refractivity contribution in [3.8, 4) is 5.75 Å². The van der Waals surface area contributed by atoms with Crippen LogP contribution in [0.5, 0.6) is 5.75 Å². The molecule has 2 heterocycles. The molecule has 25 heavy (non-hydrogen) atoms. The van der Waals surface area contributed by atoms with Crippen molar-refractivity contribution in [3.05, 3.63) is 42.0 Å². The summed E-state index contributed by atoms with van der Waals surface area (Å²) in [6.45, 7) is 4.01. The fraction of sp³-hybridized carbons (Fsp3) is 0.476. The van der Waals surface area contributed by atoms with Gasteiger partial charge < -0.3 is 15.0 Å². The maximum atomic E-state index is 13.2. The second kappa shape index (κ2) is 6.68. The molecule has 3 atom stereocenters. The summed E-state index contributed by atoms with van der Waals surface area (Å²) < 4.78 is 5.29. The summed E-state index contributed by atoms with van der Waals surface area (Å²) in [5.74, 6) is 1.04. The molecule has 2 saturated heterocycles. The molecule has 2 fully saturated rings. The summed E-state index contributed by atoms with van der Waals surface area (Å²) in [5.41, 5.74) is 1.10. The van der Waals surface area contributed by atoms with Crippen molar-refractivity contribution in [2.45, 2.75) is 44.2 Å². The predicted octanol–water partition coefficient (Wildman–Crippen LogP) is 3.30. The van der Waals surface area contributed by atoms with Gasteiger partial charge in [0.25, 0.3) is 0 Å². The molecule has 132 valence electrons. The molecule has 4 rings (SSSR count). The molecule has 2 bridgehead atoms. The average molecular weight is 338 g/mol. The van der Waals surface area contributed by atoms with Crippen LogP contribution in [0.15, 0.2) is 36.4 Å². The minimum Gasteiger partial charge on any atom is -0.497 e. The van der Waals surface area contributed by atoms with Gasteiger partial charge in [-0.15, -0.1) is 0 Å². The molecule has 4 heteroatoms. The standard InChI is InChI=1S/C21H26N2O2/c1-14(21(24)23-18-6-7-19(23)13-22-10-9-18)15-3-4-17-12-20(25-2)8-5-16(17)11-15/h3-5,8,11-12,14,18-19,22H,6-7,9-10,13H2,1-2H3. The normalized spacial score (nSPS) is 24.2. The van der Waals surface area contributed by atoms with E-state index in [9.17, 15) is 4.79 Å². The van der Waals surface area contributed by atoms with E-state index in [1.54, 1.807) is 7.11 Å². The summed E-state index contributed by atoms with van der Waals surface area (Å²) in [4.78, 5) is 15.4. The van der Waals surface area contributed by atoms with E-state index in [2.05, 4.69) is 34.5 Å². The molecule has 4 nitrogen and oxygen atoms in total. The van der Waals surface area contributed by atoms with Crippen molar-refractivity contribution in [2.24, 2.45) is 0 Å². The summed E-state index contributed by atoms with van der Waals surface area (Å²) in [6.07, 6.45) is 3.36. The van der Waals surface area contributed by atoms with E-state index < -0.39 is 0 Å². The number of nitrogens with one attached hydrogen (secondary N) is 1. The van der Waals surface area contributed by atoms with Gasteiger partial charge in [-0.05, 0) is 61.2 Å². The van der Waals surface area contributed by atoms with Gasteiger partial charge in [-0.2, -0.15) is 0 Å². The molecule has 0 saturated carbocycles. The Morgan fingerprint density at radius 3 is 2.72 bits per heavy atom. The molecule has 2 aromatic carbocycles. The number of methoxy groups -OCH3 is 1. The first-order chi connectivity index (χ1) is 12.2. The first kappa shape index (κ1) is 16.4. The quantitative estimate of drug-likeness (QED) is 0.933. The summed E-state index contributed by atoms with van der Waals surface area (Å²) >= 11 is 0. The molecule has 2 aromatic rings. The monoisotopic (exact) mass is 338 g/mol. The Bertz CT molecular complexity index is 775. The van der Waals surface area contributed by atoms with Crippen LogP contribution in [0.2, 0.25) is 0 Å². The van der Waals surface area contributed by atoms with Crippen LogP contribution in [0.3, 0.4) is 0 Å². The van der Waals surface area contributed by atoms with E-state index in [0.717, 1.165) is 54.4 Å². The highest BCUT2D eigenvalue weighted by Gasteiger charge is 2.39. The van der Waals surface area contributed by atoms with E-state index in [1.807, 2.05) is 19.1 Å². The number of nitrogens with zero attached hydrogens (tertiary/aromatic N) is 1. The van der Waals surface area contributed by atoms with Gasteiger partial charge in [0.15, 0.2) is 0 Å². The van der Waals surface area contributed by atoms with Crippen LogP contribution in [0.25, 0.3) is 10.8 Å². The fourth-order valence-corrected chi connectivity index (χ4v) is 4.35. The Kier molecular flexibility index (Phi) is 4.38. The zero-order valence-corrected chi connectivity index (χ0v) is 15.0. The van der Waals surface area contributed by atoms with Crippen molar-refractivity contribution in [1.29, 1.82) is 0 Å². The van der Waals surface area contributed by atoms with Crippen LogP contribution < -0.4 is 10.1 Å². The number of benzene rings is 2. The van der Waals surface area contributed by atoms with E-state index in [0.29, 0.717) is 12.1 Å². The number of hydrogen-bond donors (Lipinski definition) is 1. The van der Waals surface area contributed by atoms with Gasteiger partial charge in [0.05, 0.1) is 13.0 Å². The molecular weight excluding hydrogens is 312 g/mol. The number of carbonyl (C=O) groups is 1. The van der Waals surface area contributed by atoms with Crippen molar-refractivity contribution < 1.29 is 9.53 Å². The number of hydrogen-bond acceptors (Lipinski definition) is 3. The molecule has 2 aliphatic rings. The lowest BCUT2D eigenvalue weighted by Gasteiger charge is -2.30.